The van der Waals surface area contributed by atoms with Crippen LogP contribution in [-0.4, -0.2) is 17.7 Å². The van der Waals surface area contributed by atoms with E-state index in [1.54, 1.807) is 6.92 Å². The summed E-state index contributed by atoms with van der Waals surface area (Å²) in [5, 5.41) is 8.97. The highest BCUT2D eigenvalue weighted by molar-refractivity contribution is 5.78. The van der Waals surface area contributed by atoms with Crippen molar-refractivity contribution in [1.82, 2.24) is 0 Å². The van der Waals surface area contributed by atoms with Crippen LogP contribution < -0.4 is 0 Å². The summed E-state index contributed by atoms with van der Waals surface area (Å²) < 4.78 is 28.0. The van der Waals surface area contributed by atoms with E-state index in [2.05, 4.69) is 4.74 Å². The summed E-state index contributed by atoms with van der Waals surface area (Å²) in [6, 6.07) is 0. The van der Waals surface area contributed by atoms with Gasteiger partial charge in [-0.3, -0.25) is 4.79 Å². The van der Waals surface area contributed by atoms with Crippen molar-refractivity contribution >= 4 is 5.97 Å². The highest BCUT2D eigenvalue weighted by Gasteiger charge is 2.37. The fourth-order valence-electron chi connectivity index (χ4n) is 1.33. The highest BCUT2D eigenvalue weighted by Crippen LogP contribution is 2.35. The quantitative estimate of drug-likeness (QED) is 0.791. The van der Waals surface area contributed by atoms with Crippen LogP contribution in [0.25, 0.3) is 0 Å². The molecular formula is C10H12F2O3. The minimum atomic E-state index is -2.89. The molecule has 0 heterocycles. The molecule has 0 amide bonds. The van der Waals surface area contributed by atoms with Gasteiger partial charge in [-0.05, 0) is 25.0 Å². The van der Waals surface area contributed by atoms with E-state index >= 15 is 0 Å². The number of carboxylic acid groups (broad SMARTS) is 1. The van der Waals surface area contributed by atoms with E-state index < -0.39 is 23.9 Å². The molecule has 2 atom stereocenters. The molecule has 0 aromatic heterocycles. The summed E-state index contributed by atoms with van der Waals surface area (Å²) in [4.78, 5) is 10.9. The van der Waals surface area contributed by atoms with Crippen molar-refractivity contribution in [2.24, 2.45) is 11.3 Å². The Kier molecular flexibility index (Phi) is 3.12. The van der Waals surface area contributed by atoms with E-state index in [1.165, 1.54) is 25.2 Å². The normalized spacial score (nSPS) is 30.2. The number of allylic oxidation sites excluding steroid dienone is 2. The molecule has 0 bridgehead atoms. The monoisotopic (exact) mass is 218 g/mol. The first-order valence-electron chi connectivity index (χ1n) is 4.45. The summed E-state index contributed by atoms with van der Waals surface area (Å²) >= 11 is 0. The summed E-state index contributed by atoms with van der Waals surface area (Å²) in [5.41, 5.74) is -1.06. The van der Waals surface area contributed by atoms with Crippen LogP contribution in [0.3, 0.4) is 0 Å². The molecule has 0 saturated heterocycles. The standard InChI is InChI=1S/C10H12F2O3/c1-6-5-7(15-9(11)12)3-4-10(6,2)8(13)14/h3-6,9H,1-2H3,(H,13,14). The Hall–Kier alpha value is -1.39. The van der Waals surface area contributed by atoms with Crippen molar-refractivity contribution in [3.8, 4) is 0 Å². The fourth-order valence-corrected chi connectivity index (χ4v) is 1.33. The first kappa shape index (κ1) is 11.7. The van der Waals surface area contributed by atoms with Crippen LogP contribution in [0.4, 0.5) is 8.78 Å². The van der Waals surface area contributed by atoms with Crippen LogP contribution in [0.2, 0.25) is 0 Å². The van der Waals surface area contributed by atoms with Crippen LogP contribution in [0.1, 0.15) is 13.8 Å². The van der Waals surface area contributed by atoms with Crippen molar-refractivity contribution in [1.29, 1.82) is 0 Å². The molecule has 0 radical (unpaired) electrons. The molecule has 84 valence electrons. The second-order valence-corrected chi connectivity index (χ2v) is 3.66. The van der Waals surface area contributed by atoms with Gasteiger partial charge in [-0.15, -0.1) is 0 Å². The SMILES string of the molecule is CC1C=C(OC(F)F)C=CC1(C)C(=O)O. The second kappa shape index (κ2) is 4.00. The summed E-state index contributed by atoms with van der Waals surface area (Å²) in [7, 11) is 0. The number of hydrogen-bond acceptors (Lipinski definition) is 2. The number of aliphatic carboxylic acids is 1. The van der Waals surface area contributed by atoms with Crippen LogP contribution in [-0.2, 0) is 9.53 Å². The third-order valence-corrected chi connectivity index (χ3v) is 2.64. The van der Waals surface area contributed by atoms with Crippen LogP contribution in [0.5, 0.6) is 0 Å². The molecule has 5 heteroatoms. The highest BCUT2D eigenvalue weighted by atomic mass is 19.3. The molecule has 1 rings (SSSR count). The average Bonchev–Trinajstić information content (AvgIpc) is 2.10. The molecule has 0 aromatic rings. The Morgan fingerprint density at radius 2 is 2.27 bits per heavy atom. The molecule has 0 saturated carbocycles. The predicted molar refractivity (Wildman–Crippen MR) is 49.2 cm³/mol. The molecule has 3 nitrogen and oxygen atoms in total. The topological polar surface area (TPSA) is 46.5 Å². The number of carboxylic acids is 1. The Morgan fingerprint density at radius 3 is 2.67 bits per heavy atom. The molecule has 2 unspecified atom stereocenters. The Balaban J connectivity index is 2.83. The predicted octanol–water partition coefficient (Wildman–Crippen LogP) is 2.41. The van der Waals surface area contributed by atoms with Gasteiger partial charge in [0.2, 0.25) is 0 Å². The molecule has 15 heavy (non-hydrogen) atoms. The Morgan fingerprint density at radius 1 is 1.67 bits per heavy atom. The molecule has 1 aliphatic carbocycles. The Bertz CT molecular complexity index is 323. The molecule has 1 aliphatic rings. The lowest BCUT2D eigenvalue weighted by Crippen LogP contribution is -2.33. The zero-order valence-corrected chi connectivity index (χ0v) is 8.41. The minimum absolute atomic E-state index is 0.0104. The molecule has 0 aliphatic heterocycles. The van der Waals surface area contributed by atoms with E-state index in [1.807, 2.05) is 0 Å². The van der Waals surface area contributed by atoms with E-state index in [0.29, 0.717) is 0 Å². The van der Waals surface area contributed by atoms with E-state index in [-0.39, 0.29) is 5.76 Å². The van der Waals surface area contributed by atoms with Crippen LogP contribution in [0.15, 0.2) is 24.0 Å². The first-order chi connectivity index (χ1) is 6.86. The third-order valence-electron chi connectivity index (χ3n) is 2.64. The molecule has 0 fully saturated rings. The van der Waals surface area contributed by atoms with E-state index in [0.717, 1.165) is 0 Å². The maximum Gasteiger partial charge on any atom is 0.387 e. The summed E-state index contributed by atoms with van der Waals surface area (Å²) in [5.74, 6) is -1.37. The van der Waals surface area contributed by atoms with Gasteiger partial charge in [0.15, 0.2) is 0 Å². The number of rotatable bonds is 3. The van der Waals surface area contributed by atoms with Gasteiger partial charge in [0.25, 0.3) is 0 Å². The lowest BCUT2D eigenvalue weighted by atomic mass is 9.75. The van der Waals surface area contributed by atoms with Gasteiger partial charge in [-0.1, -0.05) is 13.0 Å². The van der Waals surface area contributed by atoms with Crippen LogP contribution >= 0.6 is 0 Å². The fraction of sp³-hybridized carbons (Fsp3) is 0.500. The first-order valence-corrected chi connectivity index (χ1v) is 4.45. The summed E-state index contributed by atoms with van der Waals surface area (Å²) in [6.45, 7) is 0.292. The second-order valence-electron chi connectivity index (χ2n) is 3.66. The van der Waals surface area contributed by atoms with Crippen molar-refractivity contribution in [2.75, 3.05) is 0 Å². The molecule has 0 spiro atoms. The maximum absolute atomic E-state index is 11.9. The van der Waals surface area contributed by atoms with Gasteiger partial charge in [-0.2, -0.15) is 8.78 Å². The van der Waals surface area contributed by atoms with Gasteiger partial charge in [0.05, 0.1) is 5.41 Å². The summed E-state index contributed by atoms with van der Waals surface area (Å²) in [6.07, 6.45) is 4.03. The largest absolute Gasteiger partial charge is 0.481 e. The molecular weight excluding hydrogens is 206 g/mol. The third kappa shape index (κ3) is 2.34. The zero-order valence-electron chi connectivity index (χ0n) is 8.41. The smallest absolute Gasteiger partial charge is 0.387 e. The van der Waals surface area contributed by atoms with Crippen molar-refractivity contribution in [3.05, 3.63) is 24.0 Å². The van der Waals surface area contributed by atoms with E-state index in [4.69, 9.17) is 5.11 Å². The molecule has 1 N–H and O–H groups in total. The Labute approximate surface area is 86.0 Å². The van der Waals surface area contributed by atoms with Gasteiger partial charge in [0.1, 0.15) is 5.76 Å². The van der Waals surface area contributed by atoms with Crippen molar-refractivity contribution < 1.29 is 23.4 Å². The number of hydrogen-bond donors (Lipinski definition) is 1. The zero-order chi connectivity index (χ0) is 11.6. The number of ether oxygens (including phenoxy) is 1. The van der Waals surface area contributed by atoms with Gasteiger partial charge in [0, 0.05) is 0 Å². The number of carbonyl (C=O) groups is 1. The van der Waals surface area contributed by atoms with Gasteiger partial charge >= 0.3 is 12.6 Å². The molecule has 0 aromatic carbocycles. The maximum atomic E-state index is 11.9. The average molecular weight is 218 g/mol. The van der Waals surface area contributed by atoms with Gasteiger partial charge < -0.3 is 9.84 Å². The lowest BCUT2D eigenvalue weighted by Gasteiger charge is -2.29. The number of halogens is 2. The van der Waals surface area contributed by atoms with Crippen LogP contribution in [0, 0.1) is 11.3 Å². The lowest BCUT2D eigenvalue weighted by molar-refractivity contribution is -0.147. The minimum Gasteiger partial charge on any atom is -0.481 e. The number of alkyl halides is 2. The van der Waals surface area contributed by atoms with Crippen molar-refractivity contribution in [2.45, 2.75) is 20.5 Å². The van der Waals surface area contributed by atoms with Crippen molar-refractivity contribution in [3.63, 3.8) is 0 Å². The van der Waals surface area contributed by atoms with E-state index in [9.17, 15) is 13.6 Å². The van der Waals surface area contributed by atoms with Gasteiger partial charge in [-0.25, -0.2) is 0 Å².